The van der Waals surface area contributed by atoms with Gasteiger partial charge in [-0.3, -0.25) is 0 Å². The molecule has 10 N–H and O–H groups in total. The molecule has 0 amide bonds. The Labute approximate surface area is 299 Å². The first kappa shape index (κ1) is 48.6. The summed E-state index contributed by atoms with van der Waals surface area (Å²) in [7, 11) is 0. The topological polar surface area (TPSA) is 155 Å². The van der Waals surface area contributed by atoms with Gasteiger partial charge in [-0.15, -0.1) is 23.2 Å². The summed E-state index contributed by atoms with van der Waals surface area (Å²) in [5.41, 5.74) is 0. The molecule has 12 unspecified atom stereocenters. The Balaban J connectivity index is -0.000000562. The zero-order valence-electron chi connectivity index (χ0n) is 26.1. The monoisotopic (exact) mass is 906 g/mol. The Morgan fingerprint density at radius 1 is 0.476 bits per heavy atom. The second-order valence-electron chi connectivity index (χ2n) is 11.3. The Morgan fingerprint density at radius 3 is 1.19 bits per heavy atom. The Morgan fingerprint density at radius 2 is 0.833 bits per heavy atom. The van der Waals surface area contributed by atoms with Crippen LogP contribution in [-0.4, -0.2) is 127 Å². The number of hydrogen-bond acceptors (Lipinski definition) is 6. The highest BCUT2D eigenvalue weighted by atomic mass is 79.9. The number of quaternary nitrogens is 2. The third kappa shape index (κ3) is 22.7. The predicted octanol–water partition coefficient (Wildman–Crippen LogP) is 2.13. The van der Waals surface area contributed by atoms with Crippen LogP contribution in [0.15, 0.2) is 0 Å². The number of aliphatic hydroxyl groups is 6. The molecule has 14 heteroatoms. The van der Waals surface area contributed by atoms with Crippen molar-refractivity contribution in [1.82, 2.24) is 0 Å². The molecule has 0 rings (SSSR count). The molecule has 0 saturated heterocycles. The van der Waals surface area contributed by atoms with Gasteiger partial charge in [-0.2, -0.15) is 0 Å². The molecule has 0 aliphatic heterocycles. The molecule has 0 aliphatic carbocycles. The van der Waals surface area contributed by atoms with E-state index in [0.29, 0.717) is 46.1 Å². The van der Waals surface area contributed by atoms with E-state index in [0.717, 1.165) is 25.0 Å². The van der Waals surface area contributed by atoms with Gasteiger partial charge >= 0.3 is 0 Å². The largest absolute Gasteiger partial charge is 0.390 e. The van der Waals surface area contributed by atoms with Gasteiger partial charge in [0.15, 0.2) is 0 Å². The van der Waals surface area contributed by atoms with Gasteiger partial charge in [0.25, 0.3) is 0 Å². The Kier molecular flexibility index (Phi) is 35.3. The van der Waals surface area contributed by atoms with Crippen LogP contribution in [0.4, 0.5) is 0 Å². The minimum Gasteiger partial charge on any atom is -0.390 e. The number of nitrogens with two attached hydrogens (primary N) is 2. The summed E-state index contributed by atoms with van der Waals surface area (Å²) in [6, 6.07) is 0. The predicted molar refractivity (Wildman–Crippen MR) is 191 cm³/mol. The third-order valence-electron chi connectivity index (χ3n) is 7.64. The molecule has 42 heavy (non-hydrogen) atoms. The SMILES string of the molecule is CC(CBr)C(C)C(O)C(O)CBr.CC(CBr)C(O)C(O)C(C)CBr.CC(C[NH2+]CCCl)C(C)C(O)C(O)C[NH2+]CCCl. The summed E-state index contributed by atoms with van der Waals surface area (Å²) in [6.45, 7) is 14.9. The van der Waals surface area contributed by atoms with Crippen molar-refractivity contribution in [2.75, 3.05) is 59.3 Å². The number of rotatable bonds is 21. The smallest absolute Gasteiger partial charge is 0.129 e. The third-order valence-corrected chi connectivity index (χ3v) is 11.8. The van der Waals surface area contributed by atoms with E-state index in [-0.39, 0.29) is 23.7 Å². The summed E-state index contributed by atoms with van der Waals surface area (Å²) in [6.07, 6.45) is -3.97. The van der Waals surface area contributed by atoms with Gasteiger partial charge < -0.3 is 41.3 Å². The van der Waals surface area contributed by atoms with Gasteiger partial charge in [0, 0.05) is 27.2 Å². The van der Waals surface area contributed by atoms with Crippen molar-refractivity contribution < 1.29 is 41.3 Å². The lowest BCUT2D eigenvalue weighted by Gasteiger charge is -2.26. The summed E-state index contributed by atoms with van der Waals surface area (Å²) < 4.78 is 0. The van der Waals surface area contributed by atoms with E-state index in [4.69, 9.17) is 23.2 Å². The molecular formula is C28H60Br4Cl2N2O6+2. The molecule has 0 aromatic carbocycles. The molecule has 0 radical (unpaired) electrons. The molecule has 0 heterocycles. The molecule has 0 bridgehead atoms. The molecular weight excluding hydrogens is 851 g/mol. The molecule has 0 fully saturated rings. The van der Waals surface area contributed by atoms with Gasteiger partial charge in [-0.05, 0) is 29.6 Å². The van der Waals surface area contributed by atoms with Crippen molar-refractivity contribution in [2.45, 2.75) is 78.2 Å². The van der Waals surface area contributed by atoms with Crippen LogP contribution in [0.3, 0.4) is 0 Å². The highest BCUT2D eigenvalue weighted by Gasteiger charge is 2.29. The quantitative estimate of drug-likeness (QED) is 0.0653. The first-order valence-corrected chi connectivity index (χ1v) is 20.3. The van der Waals surface area contributed by atoms with Crippen molar-refractivity contribution in [3.05, 3.63) is 0 Å². The average molecular weight is 911 g/mol. The molecule has 258 valence electrons. The zero-order valence-corrected chi connectivity index (χ0v) is 34.0. The van der Waals surface area contributed by atoms with Crippen molar-refractivity contribution >= 4 is 86.9 Å². The summed E-state index contributed by atoms with van der Waals surface area (Å²) in [5.74, 6) is 2.25. The first-order valence-electron chi connectivity index (χ1n) is 14.7. The van der Waals surface area contributed by atoms with Crippen LogP contribution in [0.5, 0.6) is 0 Å². The maximum atomic E-state index is 10.1. The molecule has 0 aromatic rings. The highest BCUT2D eigenvalue weighted by molar-refractivity contribution is 9.09. The summed E-state index contributed by atoms with van der Waals surface area (Å²) in [5, 5.41) is 64.8. The second kappa shape index (κ2) is 30.5. The van der Waals surface area contributed by atoms with E-state index >= 15 is 0 Å². The normalized spacial score (nSPS) is 20.1. The van der Waals surface area contributed by atoms with Crippen molar-refractivity contribution in [3.8, 4) is 0 Å². The average Bonchev–Trinajstić information content (AvgIpc) is 3.01. The van der Waals surface area contributed by atoms with E-state index in [1.165, 1.54) is 0 Å². The van der Waals surface area contributed by atoms with Crippen molar-refractivity contribution in [1.29, 1.82) is 0 Å². The molecule has 8 nitrogen and oxygen atoms in total. The Hall–Kier alpha value is 2.18. The van der Waals surface area contributed by atoms with E-state index in [1.807, 2.05) is 39.9 Å². The van der Waals surface area contributed by atoms with Crippen molar-refractivity contribution in [3.63, 3.8) is 0 Å². The van der Waals surface area contributed by atoms with Gasteiger partial charge in [0.1, 0.15) is 12.6 Å². The van der Waals surface area contributed by atoms with Crippen LogP contribution in [0.2, 0.25) is 0 Å². The standard InChI is InChI=1S/C12H26Cl2N2O2.2C8H16Br2O2/c1-9(7-15-5-3-13)10(2)12(18)11(17)8-16-6-4-14;1-5(3-9)6(2)8(12)7(11)4-10;1-5(3-9)7(11)8(12)6(2)4-10/h9-12,15-18H,3-8H2,1-2H3;2*5-8,11-12H,3-4H2,1-2H3/p+2. The van der Waals surface area contributed by atoms with Crippen LogP contribution < -0.4 is 10.6 Å². The van der Waals surface area contributed by atoms with Crippen LogP contribution in [0, 0.1) is 35.5 Å². The minimum atomic E-state index is -0.696. The fourth-order valence-electron chi connectivity index (χ4n) is 3.64. The summed E-state index contributed by atoms with van der Waals surface area (Å²) in [4.78, 5) is 0. The number of aliphatic hydroxyl groups excluding tert-OH is 6. The lowest BCUT2D eigenvalue weighted by Crippen LogP contribution is -2.88. The van der Waals surface area contributed by atoms with Crippen molar-refractivity contribution in [2.24, 2.45) is 35.5 Å². The van der Waals surface area contributed by atoms with Crippen LogP contribution in [0.25, 0.3) is 0 Å². The van der Waals surface area contributed by atoms with E-state index in [1.54, 1.807) is 0 Å². The number of halogens is 6. The molecule has 0 aliphatic rings. The van der Waals surface area contributed by atoms with Crippen LogP contribution in [0.1, 0.15) is 41.5 Å². The maximum absolute atomic E-state index is 10.1. The molecule has 12 atom stereocenters. The lowest BCUT2D eigenvalue weighted by molar-refractivity contribution is -0.660. The van der Waals surface area contributed by atoms with Gasteiger partial charge in [-0.25, -0.2) is 0 Å². The number of hydrogen-bond donors (Lipinski definition) is 8. The first-order chi connectivity index (χ1) is 19.6. The lowest BCUT2D eigenvalue weighted by atomic mass is 9.88. The maximum Gasteiger partial charge on any atom is 0.129 e. The second-order valence-corrected chi connectivity index (χ2v) is 14.7. The van der Waals surface area contributed by atoms with Gasteiger partial charge in [0.2, 0.25) is 0 Å². The zero-order chi connectivity index (χ0) is 33.4. The summed E-state index contributed by atoms with van der Waals surface area (Å²) >= 11 is 24.2. The highest BCUT2D eigenvalue weighted by Crippen LogP contribution is 2.20. The van der Waals surface area contributed by atoms with Gasteiger partial charge in [-0.1, -0.05) is 105 Å². The van der Waals surface area contributed by atoms with E-state index < -0.39 is 36.6 Å². The van der Waals surface area contributed by atoms with E-state index in [2.05, 4.69) is 76.0 Å². The molecule has 0 saturated carbocycles. The minimum absolute atomic E-state index is 0.0657. The van der Waals surface area contributed by atoms with Crippen LogP contribution in [-0.2, 0) is 0 Å². The fourth-order valence-corrected chi connectivity index (χ4v) is 5.69. The number of alkyl halides is 6. The van der Waals surface area contributed by atoms with Gasteiger partial charge in [0.05, 0.1) is 61.9 Å². The molecule has 0 spiro atoms. The fraction of sp³-hybridized carbons (Fsp3) is 1.00. The van der Waals surface area contributed by atoms with E-state index in [9.17, 15) is 30.6 Å². The Bertz CT molecular complexity index is 525. The van der Waals surface area contributed by atoms with Crippen LogP contribution >= 0.6 is 86.9 Å². The molecule has 0 aromatic heterocycles.